The molecule has 1 N–H and O–H groups in total. The Morgan fingerprint density at radius 2 is 2.05 bits per heavy atom. The highest BCUT2D eigenvalue weighted by molar-refractivity contribution is 6.31. The van der Waals surface area contributed by atoms with Gasteiger partial charge in [-0.1, -0.05) is 11.6 Å². The van der Waals surface area contributed by atoms with Crippen LogP contribution < -0.4 is 5.32 Å². The fraction of sp³-hybridized carbons (Fsp3) is 0.438. The molecule has 0 amide bonds. The van der Waals surface area contributed by atoms with Crippen molar-refractivity contribution in [2.75, 3.05) is 5.32 Å². The van der Waals surface area contributed by atoms with Crippen LogP contribution in [0.1, 0.15) is 50.7 Å². The van der Waals surface area contributed by atoms with Gasteiger partial charge in [-0.2, -0.15) is 10.4 Å². The fourth-order valence-corrected chi connectivity index (χ4v) is 2.29. The molecular weight excluding hydrogens is 298 g/mol. The molecule has 22 heavy (non-hydrogen) atoms. The predicted molar refractivity (Wildman–Crippen MR) is 88.0 cm³/mol. The van der Waals surface area contributed by atoms with Gasteiger partial charge in [0.2, 0.25) is 0 Å². The summed E-state index contributed by atoms with van der Waals surface area (Å²) in [4.78, 5) is 4.21. The van der Waals surface area contributed by atoms with Gasteiger partial charge in [-0.25, -0.2) is 4.98 Å². The first-order valence-corrected chi connectivity index (χ1v) is 7.50. The van der Waals surface area contributed by atoms with Crippen molar-refractivity contribution >= 4 is 17.4 Å². The van der Waals surface area contributed by atoms with Gasteiger partial charge in [-0.3, -0.25) is 4.68 Å². The van der Waals surface area contributed by atoms with Crippen molar-refractivity contribution in [3.63, 3.8) is 0 Å². The second-order valence-electron chi connectivity index (χ2n) is 6.29. The number of nitriles is 1. The Balaban J connectivity index is 2.25. The second-order valence-corrected chi connectivity index (χ2v) is 6.70. The van der Waals surface area contributed by atoms with Crippen molar-refractivity contribution in [1.29, 1.82) is 5.26 Å². The highest BCUT2D eigenvalue weighted by atomic mass is 35.5. The van der Waals surface area contributed by atoms with E-state index in [1.54, 1.807) is 12.1 Å². The van der Waals surface area contributed by atoms with Crippen LogP contribution in [0.15, 0.2) is 18.3 Å². The maximum atomic E-state index is 8.99. The molecule has 0 saturated heterocycles. The van der Waals surface area contributed by atoms with Gasteiger partial charge in [0.05, 0.1) is 22.3 Å². The molecule has 2 rings (SSSR count). The lowest BCUT2D eigenvalue weighted by Gasteiger charge is -2.19. The largest absolute Gasteiger partial charge is 0.363 e. The van der Waals surface area contributed by atoms with Crippen LogP contribution in [0.5, 0.6) is 0 Å². The number of pyridine rings is 1. The van der Waals surface area contributed by atoms with Crippen molar-refractivity contribution in [3.8, 4) is 6.07 Å². The fourth-order valence-electron chi connectivity index (χ4n) is 2.14. The van der Waals surface area contributed by atoms with E-state index < -0.39 is 0 Å². The topological polar surface area (TPSA) is 66.5 Å². The highest BCUT2D eigenvalue weighted by Gasteiger charge is 2.19. The van der Waals surface area contributed by atoms with Crippen LogP contribution in [0.25, 0.3) is 0 Å². The summed E-state index contributed by atoms with van der Waals surface area (Å²) in [6.45, 7) is 10.4. The number of rotatable bonds is 3. The lowest BCUT2D eigenvalue weighted by molar-refractivity contribution is 0.354. The van der Waals surface area contributed by atoms with E-state index in [2.05, 4.69) is 36.2 Å². The third-order valence-corrected chi connectivity index (χ3v) is 3.71. The Morgan fingerprint density at radius 3 is 2.59 bits per heavy atom. The first-order chi connectivity index (χ1) is 10.2. The number of nitrogens with zero attached hydrogens (tertiary/aromatic N) is 4. The second kappa shape index (κ2) is 5.98. The van der Waals surface area contributed by atoms with Crippen LogP contribution in [-0.4, -0.2) is 14.8 Å². The first-order valence-electron chi connectivity index (χ1n) is 7.12. The minimum atomic E-state index is -0.0603. The molecule has 0 saturated carbocycles. The normalized spacial score (nSPS) is 12.8. The molecule has 5 nitrogen and oxygen atoms in total. The van der Waals surface area contributed by atoms with Crippen LogP contribution in [-0.2, 0) is 5.54 Å². The van der Waals surface area contributed by atoms with E-state index in [4.69, 9.17) is 16.9 Å². The molecule has 0 spiro atoms. The number of aryl methyl sites for hydroxylation is 1. The van der Waals surface area contributed by atoms with Crippen LogP contribution in [0.3, 0.4) is 0 Å². The third kappa shape index (κ3) is 3.40. The van der Waals surface area contributed by atoms with E-state index in [1.165, 1.54) is 0 Å². The van der Waals surface area contributed by atoms with E-state index in [-0.39, 0.29) is 17.3 Å². The molecule has 2 aromatic rings. The molecule has 6 heteroatoms. The standard InChI is InChI=1S/C16H20ClN5/c1-10(12-9-22(16(3,4)5)21-11(12)2)19-15-7-6-13(17)14(8-18)20-15/h6-7,9-10H,1-5H3,(H,19,20). The van der Waals surface area contributed by atoms with Gasteiger partial charge in [0.1, 0.15) is 11.9 Å². The van der Waals surface area contributed by atoms with Gasteiger partial charge in [-0.15, -0.1) is 0 Å². The van der Waals surface area contributed by atoms with Crippen molar-refractivity contribution in [2.45, 2.75) is 46.2 Å². The van der Waals surface area contributed by atoms with Crippen molar-refractivity contribution in [3.05, 3.63) is 40.3 Å². The lowest BCUT2D eigenvalue weighted by Crippen LogP contribution is -2.22. The van der Waals surface area contributed by atoms with Crippen LogP contribution in [0.2, 0.25) is 5.02 Å². The zero-order valence-electron chi connectivity index (χ0n) is 13.5. The molecule has 1 atom stereocenters. The maximum absolute atomic E-state index is 8.99. The van der Waals surface area contributed by atoms with Crippen molar-refractivity contribution in [1.82, 2.24) is 14.8 Å². The van der Waals surface area contributed by atoms with Gasteiger partial charge in [0.15, 0.2) is 5.69 Å². The lowest BCUT2D eigenvalue weighted by atomic mass is 10.1. The Labute approximate surface area is 135 Å². The van der Waals surface area contributed by atoms with Crippen LogP contribution >= 0.6 is 11.6 Å². The highest BCUT2D eigenvalue weighted by Crippen LogP contribution is 2.24. The zero-order valence-corrected chi connectivity index (χ0v) is 14.2. The smallest absolute Gasteiger partial charge is 0.161 e. The van der Waals surface area contributed by atoms with E-state index in [9.17, 15) is 0 Å². The van der Waals surface area contributed by atoms with Crippen molar-refractivity contribution in [2.24, 2.45) is 0 Å². The number of halogens is 1. The number of hydrogen-bond donors (Lipinski definition) is 1. The van der Waals surface area contributed by atoms with E-state index in [0.29, 0.717) is 10.8 Å². The van der Waals surface area contributed by atoms with Gasteiger partial charge in [0.25, 0.3) is 0 Å². The number of aromatic nitrogens is 3. The molecule has 116 valence electrons. The van der Waals surface area contributed by atoms with E-state index in [1.807, 2.05) is 30.8 Å². The molecule has 0 aliphatic rings. The number of nitrogens with one attached hydrogen (secondary N) is 1. The van der Waals surface area contributed by atoms with Crippen LogP contribution in [0, 0.1) is 18.3 Å². The van der Waals surface area contributed by atoms with Gasteiger partial charge in [0, 0.05) is 11.8 Å². The molecule has 0 aromatic carbocycles. The molecule has 0 radical (unpaired) electrons. The number of anilines is 1. The van der Waals surface area contributed by atoms with Gasteiger partial charge >= 0.3 is 0 Å². The molecule has 0 aliphatic heterocycles. The molecular formula is C16H20ClN5. The van der Waals surface area contributed by atoms with E-state index >= 15 is 0 Å². The summed E-state index contributed by atoms with van der Waals surface area (Å²) in [6, 6.07) is 5.45. The average molecular weight is 318 g/mol. The summed E-state index contributed by atoms with van der Waals surface area (Å²) in [7, 11) is 0. The third-order valence-electron chi connectivity index (χ3n) is 3.41. The molecule has 1 unspecified atom stereocenters. The summed E-state index contributed by atoms with van der Waals surface area (Å²) < 4.78 is 1.96. The Kier molecular flexibility index (Phi) is 4.43. The Bertz CT molecular complexity index is 721. The Hall–Kier alpha value is -2.06. The zero-order chi connectivity index (χ0) is 16.5. The average Bonchev–Trinajstić information content (AvgIpc) is 2.83. The molecule has 2 heterocycles. The molecule has 0 fully saturated rings. The minimum absolute atomic E-state index is 0.0244. The summed E-state index contributed by atoms with van der Waals surface area (Å²) in [6.07, 6.45) is 2.05. The molecule has 2 aromatic heterocycles. The monoisotopic (exact) mass is 317 g/mol. The maximum Gasteiger partial charge on any atom is 0.161 e. The van der Waals surface area contributed by atoms with Gasteiger partial charge < -0.3 is 5.32 Å². The molecule has 0 bridgehead atoms. The first kappa shape index (κ1) is 16.3. The van der Waals surface area contributed by atoms with Gasteiger partial charge in [-0.05, 0) is 46.8 Å². The summed E-state index contributed by atoms with van der Waals surface area (Å²) in [5, 5.41) is 17.2. The summed E-state index contributed by atoms with van der Waals surface area (Å²) in [5.74, 6) is 0.622. The van der Waals surface area contributed by atoms with Crippen LogP contribution in [0.4, 0.5) is 5.82 Å². The SMILES string of the molecule is Cc1nn(C(C)(C)C)cc1C(C)Nc1ccc(Cl)c(C#N)n1. The van der Waals surface area contributed by atoms with Crippen molar-refractivity contribution < 1.29 is 0 Å². The molecule has 0 aliphatic carbocycles. The summed E-state index contributed by atoms with van der Waals surface area (Å²) >= 11 is 5.90. The number of hydrogen-bond acceptors (Lipinski definition) is 4. The minimum Gasteiger partial charge on any atom is -0.363 e. The van der Waals surface area contributed by atoms with E-state index in [0.717, 1.165) is 11.3 Å². The predicted octanol–water partition coefficient (Wildman–Crippen LogP) is 4.04. The Morgan fingerprint density at radius 1 is 1.36 bits per heavy atom. The quantitative estimate of drug-likeness (QED) is 0.927. The summed E-state index contributed by atoms with van der Waals surface area (Å²) in [5.41, 5.74) is 2.24.